The van der Waals surface area contributed by atoms with E-state index >= 15 is 0 Å². The summed E-state index contributed by atoms with van der Waals surface area (Å²) in [4.78, 5) is 0. The largest absolute Gasteiger partial charge is 0.250 e. The van der Waals surface area contributed by atoms with Crippen molar-refractivity contribution in [1.29, 1.82) is 0 Å². The third-order valence-electron chi connectivity index (χ3n) is 0.805. The second-order valence-electron chi connectivity index (χ2n) is 3.33. The zero-order valence-corrected chi connectivity index (χ0v) is 8.86. The molecule has 0 rings (SSSR count). The quantitative estimate of drug-likeness (QED) is 0.635. The molecule has 0 spiro atoms. The molecule has 0 amide bonds. The van der Waals surface area contributed by atoms with E-state index in [-0.39, 0.29) is 4.75 Å². The zero-order valence-electron chi connectivity index (χ0n) is 7.23. The fraction of sp³-hybridized carbons (Fsp3) is 1.00. The lowest BCUT2D eigenvalue weighted by Gasteiger charge is -2.18. The van der Waals surface area contributed by atoms with E-state index in [1.54, 1.807) is 6.92 Å². The smallest absolute Gasteiger partial charge is 0.209 e. The molecule has 0 aliphatic rings. The van der Waals surface area contributed by atoms with Crippen LogP contribution < -0.4 is 0 Å². The van der Waals surface area contributed by atoms with Gasteiger partial charge in [-0.1, -0.05) is 42.4 Å². The van der Waals surface area contributed by atoms with Crippen LogP contribution in [0.1, 0.15) is 27.7 Å². The van der Waals surface area contributed by atoms with Gasteiger partial charge >= 0.3 is 0 Å². The molecule has 0 heterocycles. The molecule has 0 aromatic rings. The van der Waals surface area contributed by atoms with Crippen molar-refractivity contribution in [2.24, 2.45) is 0 Å². The third kappa shape index (κ3) is 6.94. The highest BCUT2D eigenvalue weighted by Crippen LogP contribution is 2.39. The van der Waals surface area contributed by atoms with Crippen LogP contribution in [-0.2, 0) is 0 Å². The van der Waals surface area contributed by atoms with Crippen LogP contribution in [0.5, 0.6) is 0 Å². The minimum atomic E-state index is -2.21. The molecule has 11 heavy (non-hydrogen) atoms. The Hall–Kier alpha value is 0.560. The maximum atomic E-state index is 12.0. The summed E-state index contributed by atoms with van der Waals surface area (Å²) < 4.78 is 24.0. The number of halogens is 2. The minimum Gasteiger partial charge on any atom is -0.209 e. The van der Waals surface area contributed by atoms with Gasteiger partial charge in [0, 0.05) is 4.75 Å². The van der Waals surface area contributed by atoms with Gasteiger partial charge in [0.1, 0.15) is 0 Å². The van der Waals surface area contributed by atoms with Gasteiger partial charge in [0.25, 0.3) is 6.43 Å². The van der Waals surface area contributed by atoms with Crippen LogP contribution in [0.25, 0.3) is 0 Å². The Morgan fingerprint density at radius 2 is 1.64 bits per heavy atom. The van der Waals surface area contributed by atoms with E-state index < -0.39 is 11.7 Å². The summed E-state index contributed by atoms with van der Waals surface area (Å²) in [7, 11) is 2.76. The average Bonchev–Trinajstić information content (AvgIpc) is 1.80. The molecule has 0 bridgehead atoms. The van der Waals surface area contributed by atoms with Gasteiger partial charge in [-0.25, -0.2) is 8.78 Å². The molecule has 0 aliphatic heterocycles. The normalized spacial score (nSPS) is 15.5. The molecule has 4 heteroatoms. The Bertz CT molecular complexity index is 109. The second kappa shape index (κ2) is 4.55. The molecule has 0 saturated carbocycles. The van der Waals surface area contributed by atoms with Crippen LogP contribution in [-0.4, -0.2) is 16.4 Å². The summed E-state index contributed by atoms with van der Waals surface area (Å²) in [5.41, 5.74) is 0. The number of alkyl halides is 2. The Kier molecular flexibility index (Phi) is 4.78. The van der Waals surface area contributed by atoms with Gasteiger partial charge in [0.05, 0.1) is 5.25 Å². The van der Waals surface area contributed by atoms with Gasteiger partial charge in [-0.2, -0.15) is 0 Å². The monoisotopic (exact) mass is 200 g/mol. The van der Waals surface area contributed by atoms with Crippen LogP contribution in [0.15, 0.2) is 0 Å². The first-order valence-corrected chi connectivity index (χ1v) is 5.67. The van der Waals surface area contributed by atoms with Crippen molar-refractivity contribution in [2.75, 3.05) is 0 Å². The molecule has 0 radical (unpaired) electrons. The van der Waals surface area contributed by atoms with E-state index in [9.17, 15) is 8.78 Å². The summed E-state index contributed by atoms with van der Waals surface area (Å²) in [6, 6.07) is 0. The van der Waals surface area contributed by atoms with Gasteiger partial charge in [-0.15, -0.1) is 0 Å². The van der Waals surface area contributed by atoms with Crippen LogP contribution in [0, 0.1) is 0 Å². The highest BCUT2D eigenvalue weighted by Gasteiger charge is 2.19. The lowest BCUT2D eigenvalue weighted by molar-refractivity contribution is 0.150. The topological polar surface area (TPSA) is 0 Å². The van der Waals surface area contributed by atoms with Gasteiger partial charge in [0.2, 0.25) is 0 Å². The van der Waals surface area contributed by atoms with Crippen molar-refractivity contribution in [3.63, 3.8) is 0 Å². The predicted molar refractivity (Wildman–Crippen MR) is 50.4 cm³/mol. The Morgan fingerprint density at radius 3 is 1.91 bits per heavy atom. The van der Waals surface area contributed by atoms with E-state index in [0.29, 0.717) is 0 Å². The van der Waals surface area contributed by atoms with E-state index in [2.05, 4.69) is 0 Å². The van der Waals surface area contributed by atoms with Crippen molar-refractivity contribution in [3.05, 3.63) is 0 Å². The van der Waals surface area contributed by atoms with Gasteiger partial charge < -0.3 is 0 Å². The van der Waals surface area contributed by atoms with E-state index in [0.717, 1.165) is 0 Å². The van der Waals surface area contributed by atoms with E-state index in [4.69, 9.17) is 0 Å². The molecule has 0 fully saturated rings. The van der Waals surface area contributed by atoms with Gasteiger partial charge in [0.15, 0.2) is 0 Å². The van der Waals surface area contributed by atoms with Crippen molar-refractivity contribution in [3.8, 4) is 0 Å². The Morgan fingerprint density at radius 1 is 1.18 bits per heavy atom. The average molecular weight is 200 g/mol. The molecular formula is C7H14F2S2. The number of hydrogen-bond acceptors (Lipinski definition) is 2. The maximum absolute atomic E-state index is 12.0. The summed E-state index contributed by atoms with van der Waals surface area (Å²) in [6.45, 7) is 7.60. The molecule has 0 saturated heterocycles. The van der Waals surface area contributed by atoms with Crippen LogP contribution >= 0.6 is 21.6 Å². The molecule has 1 unspecified atom stereocenters. The molecule has 0 aromatic heterocycles. The van der Waals surface area contributed by atoms with E-state index in [1.807, 2.05) is 20.8 Å². The lowest BCUT2D eigenvalue weighted by Crippen LogP contribution is -2.11. The van der Waals surface area contributed by atoms with Crippen molar-refractivity contribution >= 4 is 21.6 Å². The highest BCUT2D eigenvalue weighted by atomic mass is 33.1. The van der Waals surface area contributed by atoms with Crippen molar-refractivity contribution in [1.82, 2.24) is 0 Å². The van der Waals surface area contributed by atoms with Crippen LogP contribution in [0.2, 0.25) is 0 Å². The molecule has 0 nitrogen and oxygen atoms in total. The molecule has 0 N–H and O–H groups in total. The Balaban J connectivity index is 3.54. The zero-order chi connectivity index (χ0) is 9.07. The minimum absolute atomic E-state index is 0.0633. The molecular weight excluding hydrogens is 186 g/mol. The number of rotatable bonds is 3. The fourth-order valence-corrected chi connectivity index (χ4v) is 2.36. The first-order chi connectivity index (χ1) is 4.83. The predicted octanol–water partition coefficient (Wildman–Crippen LogP) is 3.82. The summed E-state index contributed by atoms with van der Waals surface area (Å²) in [5.74, 6) is 0. The van der Waals surface area contributed by atoms with Gasteiger partial charge in [-0.05, 0) is 6.92 Å². The fourth-order valence-electron chi connectivity index (χ4n) is 0.262. The maximum Gasteiger partial charge on any atom is 0.250 e. The van der Waals surface area contributed by atoms with Crippen LogP contribution in [0.3, 0.4) is 0 Å². The van der Waals surface area contributed by atoms with E-state index in [1.165, 1.54) is 21.6 Å². The Labute approximate surface area is 74.9 Å². The second-order valence-corrected chi connectivity index (χ2v) is 6.74. The standard InChI is InChI=1S/C7H14F2S2/c1-5(6(8)9)10-11-7(2,3)4/h5-6H,1-4H3. The molecule has 68 valence electrons. The lowest BCUT2D eigenvalue weighted by atomic mass is 10.3. The summed E-state index contributed by atoms with van der Waals surface area (Å²) in [5, 5.41) is -0.570. The first kappa shape index (κ1) is 11.6. The van der Waals surface area contributed by atoms with Crippen LogP contribution in [0.4, 0.5) is 8.78 Å². The van der Waals surface area contributed by atoms with Crippen molar-refractivity contribution < 1.29 is 8.78 Å². The van der Waals surface area contributed by atoms with Crippen molar-refractivity contribution in [2.45, 2.75) is 44.1 Å². The third-order valence-corrected chi connectivity index (χ3v) is 4.61. The van der Waals surface area contributed by atoms with Gasteiger partial charge in [-0.3, -0.25) is 0 Å². The highest BCUT2D eigenvalue weighted by molar-refractivity contribution is 8.77. The SMILES string of the molecule is CC(SSC(C)(C)C)C(F)F. The molecule has 0 aliphatic carbocycles. The number of hydrogen-bond donors (Lipinski definition) is 0. The summed E-state index contributed by atoms with van der Waals surface area (Å²) >= 11 is 0. The molecule has 1 atom stereocenters. The summed E-state index contributed by atoms with van der Waals surface area (Å²) in [6.07, 6.45) is -2.21. The first-order valence-electron chi connectivity index (χ1n) is 3.45. The molecule has 0 aromatic carbocycles.